The summed E-state index contributed by atoms with van der Waals surface area (Å²) < 4.78 is 11.0. The van der Waals surface area contributed by atoms with Crippen molar-refractivity contribution in [3.05, 3.63) is 58.6 Å². The van der Waals surface area contributed by atoms with Gasteiger partial charge in [-0.2, -0.15) is 0 Å². The van der Waals surface area contributed by atoms with Crippen LogP contribution < -0.4 is 20.1 Å². The van der Waals surface area contributed by atoms with Crippen molar-refractivity contribution in [3.8, 4) is 11.5 Å². The van der Waals surface area contributed by atoms with E-state index < -0.39 is 0 Å². The van der Waals surface area contributed by atoms with Crippen molar-refractivity contribution in [2.45, 2.75) is 6.42 Å². The average Bonchev–Trinajstić information content (AvgIpc) is 2.68. The van der Waals surface area contributed by atoms with E-state index in [4.69, 9.17) is 21.1 Å². The highest BCUT2D eigenvalue weighted by atomic mass is 35.5. The molecule has 1 heterocycles. The van der Waals surface area contributed by atoms with Crippen LogP contribution in [0.15, 0.2) is 42.5 Å². The summed E-state index contributed by atoms with van der Waals surface area (Å²) in [5.41, 5.74) is 2.25. The minimum atomic E-state index is -0.278. The summed E-state index contributed by atoms with van der Waals surface area (Å²) in [6, 6.07) is 10.6. The number of nitrogens with one attached hydrogen (secondary N) is 2. The summed E-state index contributed by atoms with van der Waals surface area (Å²) >= 11 is 6.19. The Balaban J connectivity index is 1.62. The molecule has 0 saturated heterocycles. The molecular weight excluding hydrogens is 368 g/mol. The predicted octanol–water partition coefficient (Wildman–Crippen LogP) is 3.05. The number of hydrogen-bond acceptors (Lipinski definition) is 4. The van der Waals surface area contributed by atoms with Crippen LogP contribution in [0.5, 0.6) is 11.5 Å². The lowest BCUT2D eigenvalue weighted by Gasteiger charge is -2.19. The minimum absolute atomic E-state index is 0.0622. The lowest BCUT2D eigenvalue weighted by atomic mass is 10.1. The van der Waals surface area contributed by atoms with E-state index in [2.05, 4.69) is 10.6 Å². The van der Waals surface area contributed by atoms with Crippen molar-refractivity contribution in [2.75, 3.05) is 25.6 Å². The van der Waals surface area contributed by atoms with E-state index in [1.807, 2.05) is 0 Å². The molecule has 2 aromatic carbocycles. The van der Waals surface area contributed by atoms with Gasteiger partial charge in [0, 0.05) is 18.8 Å². The molecule has 0 fully saturated rings. The number of ether oxygens (including phenoxy) is 2. The molecule has 1 aliphatic rings. The maximum Gasteiger partial charge on any atom is 0.248 e. The molecule has 2 amide bonds. The van der Waals surface area contributed by atoms with Crippen LogP contribution in [0.3, 0.4) is 0 Å². The van der Waals surface area contributed by atoms with Crippen molar-refractivity contribution in [3.63, 3.8) is 0 Å². The summed E-state index contributed by atoms with van der Waals surface area (Å²) in [6.07, 6.45) is 3.37. The number of rotatable bonds is 5. The summed E-state index contributed by atoms with van der Waals surface area (Å²) in [6.45, 7) is 0.930. The first kappa shape index (κ1) is 18.8. The first-order chi connectivity index (χ1) is 13.0. The Morgan fingerprint density at radius 3 is 2.63 bits per heavy atom. The maximum atomic E-state index is 12.1. The van der Waals surface area contributed by atoms with Gasteiger partial charge >= 0.3 is 0 Å². The van der Waals surface area contributed by atoms with Gasteiger partial charge in [-0.3, -0.25) is 9.59 Å². The molecule has 0 radical (unpaired) electrons. The first-order valence-electron chi connectivity index (χ1n) is 8.43. The maximum absolute atomic E-state index is 12.1. The van der Waals surface area contributed by atoms with Crippen molar-refractivity contribution in [1.29, 1.82) is 0 Å². The van der Waals surface area contributed by atoms with Gasteiger partial charge in [-0.1, -0.05) is 23.7 Å². The number of benzene rings is 2. The van der Waals surface area contributed by atoms with Crippen LogP contribution in [-0.4, -0.2) is 32.1 Å². The lowest BCUT2D eigenvalue weighted by molar-refractivity contribution is -0.120. The average molecular weight is 387 g/mol. The molecule has 0 spiro atoms. The molecule has 140 valence electrons. The zero-order valence-corrected chi connectivity index (χ0v) is 15.5. The molecule has 1 aliphatic heterocycles. The second-order valence-electron chi connectivity index (χ2n) is 5.90. The van der Waals surface area contributed by atoms with E-state index in [0.717, 1.165) is 11.1 Å². The molecule has 0 bridgehead atoms. The fourth-order valence-corrected chi connectivity index (χ4v) is 2.84. The van der Waals surface area contributed by atoms with Crippen LogP contribution in [0, 0.1) is 0 Å². The molecule has 2 N–H and O–H groups in total. The number of fused-ring (bicyclic) bond motifs is 1. The van der Waals surface area contributed by atoms with Crippen LogP contribution in [0.4, 0.5) is 5.69 Å². The van der Waals surface area contributed by atoms with Gasteiger partial charge < -0.3 is 20.1 Å². The molecule has 0 saturated carbocycles. The van der Waals surface area contributed by atoms with Crippen molar-refractivity contribution >= 4 is 35.2 Å². The van der Waals surface area contributed by atoms with E-state index >= 15 is 0 Å². The lowest BCUT2D eigenvalue weighted by Crippen LogP contribution is -2.19. The van der Waals surface area contributed by atoms with Crippen LogP contribution in [-0.2, 0) is 16.0 Å². The number of carbonyl (C=O) groups excluding carboxylic acids is 2. The number of anilines is 1. The van der Waals surface area contributed by atoms with E-state index in [9.17, 15) is 9.59 Å². The van der Waals surface area contributed by atoms with E-state index in [-0.39, 0.29) is 11.8 Å². The molecule has 27 heavy (non-hydrogen) atoms. The molecule has 0 atom stereocenters. The monoisotopic (exact) mass is 386 g/mol. The van der Waals surface area contributed by atoms with Crippen LogP contribution in [0.25, 0.3) is 6.08 Å². The fraction of sp³-hybridized carbons (Fsp3) is 0.200. The van der Waals surface area contributed by atoms with E-state index in [0.29, 0.717) is 41.8 Å². The van der Waals surface area contributed by atoms with Crippen molar-refractivity contribution < 1.29 is 19.1 Å². The smallest absolute Gasteiger partial charge is 0.248 e. The Hall–Kier alpha value is -2.99. The SMILES string of the molecule is CNC(=O)Cc1ccc(NC(=O)/C=C/c2cc(Cl)c3c(c2)OCCO3)cc1. The molecule has 6 nitrogen and oxygen atoms in total. The van der Waals surface area contributed by atoms with Crippen molar-refractivity contribution in [2.24, 2.45) is 0 Å². The standard InChI is InChI=1S/C20H19ClN2O4/c1-22-19(25)12-13-2-5-15(6-3-13)23-18(24)7-4-14-10-16(21)20-17(11-14)26-8-9-27-20/h2-7,10-11H,8-9,12H2,1H3,(H,22,25)(H,23,24)/b7-4+. The molecule has 3 rings (SSSR count). The van der Waals surface area contributed by atoms with E-state index in [1.165, 1.54) is 6.08 Å². The third-order valence-electron chi connectivity index (χ3n) is 3.91. The second kappa shape index (κ2) is 8.60. The minimum Gasteiger partial charge on any atom is -0.486 e. The highest BCUT2D eigenvalue weighted by molar-refractivity contribution is 6.32. The Morgan fingerprint density at radius 1 is 1.15 bits per heavy atom. The van der Waals surface area contributed by atoms with Gasteiger partial charge in [-0.25, -0.2) is 0 Å². The largest absolute Gasteiger partial charge is 0.486 e. The molecular formula is C20H19ClN2O4. The van der Waals surface area contributed by atoms with Crippen molar-refractivity contribution in [1.82, 2.24) is 5.32 Å². The van der Waals surface area contributed by atoms with E-state index in [1.54, 1.807) is 49.5 Å². The van der Waals surface area contributed by atoms with Crippen LogP contribution in [0.2, 0.25) is 5.02 Å². The first-order valence-corrected chi connectivity index (χ1v) is 8.80. The van der Waals surface area contributed by atoms with Gasteiger partial charge in [0.15, 0.2) is 11.5 Å². The van der Waals surface area contributed by atoms with Gasteiger partial charge in [0.1, 0.15) is 13.2 Å². The predicted molar refractivity (Wildman–Crippen MR) is 104 cm³/mol. The van der Waals surface area contributed by atoms with Gasteiger partial charge in [-0.15, -0.1) is 0 Å². The van der Waals surface area contributed by atoms with Gasteiger partial charge in [0.25, 0.3) is 0 Å². The van der Waals surface area contributed by atoms with Gasteiger partial charge in [0.2, 0.25) is 11.8 Å². The summed E-state index contributed by atoms with van der Waals surface area (Å²) in [7, 11) is 1.60. The molecule has 0 aromatic heterocycles. The number of likely N-dealkylation sites (N-methyl/N-ethyl adjacent to an activating group) is 1. The third kappa shape index (κ3) is 5.01. The zero-order valence-electron chi connectivity index (χ0n) is 14.8. The zero-order chi connectivity index (χ0) is 19.2. The number of amides is 2. The molecule has 2 aromatic rings. The number of halogens is 1. The summed E-state index contributed by atoms with van der Waals surface area (Å²) in [5.74, 6) is 0.759. The Kier molecular flexibility index (Phi) is 5.98. The number of carbonyl (C=O) groups is 2. The van der Waals surface area contributed by atoms with Crippen LogP contribution in [0.1, 0.15) is 11.1 Å². The van der Waals surface area contributed by atoms with Gasteiger partial charge in [-0.05, 0) is 41.5 Å². The Morgan fingerprint density at radius 2 is 1.89 bits per heavy atom. The Bertz CT molecular complexity index is 878. The number of hydrogen-bond donors (Lipinski definition) is 2. The molecule has 0 aliphatic carbocycles. The highest BCUT2D eigenvalue weighted by Crippen LogP contribution is 2.38. The highest BCUT2D eigenvalue weighted by Gasteiger charge is 2.16. The Labute approximate surface area is 162 Å². The topological polar surface area (TPSA) is 76.7 Å². The summed E-state index contributed by atoms with van der Waals surface area (Å²) in [4.78, 5) is 23.5. The second-order valence-corrected chi connectivity index (χ2v) is 6.30. The third-order valence-corrected chi connectivity index (χ3v) is 4.19. The quantitative estimate of drug-likeness (QED) is 0.774. The normalized spacial score (nSPS) is 12.7. The molecule has 0 unspecified atom stereocenters. The fourth-order valence-electron chi connectivity index (χ4n) is 2.56. The van der Waals surface area contributed by atoms with Crippen LogP contribution >= 0.6 is 11.6 Å². The molecule has 7 heteroatoms. The summed E-state index contributed by atoms with van der Waals surface area (Å²) in [5, 5.41) is 5.78. The van der Waals surface area contributed by atoms with Gasteiger partial charge in [0.05, 0.1) is 11.4 Å².